The number of rotatable bonds is 3. The fraction of sp³-hybridized carbons (Fsp3) is 0.857. The predicted molar refractivity (Wildman–Crippen MR) is 73.5 cm³/mol. The van der Waals surface area contributed by atoms with Gasteiger partial charge in [-0.1, -0.05) is 0 Å². The van der Waals surface area contributed by atoms with Crippen LogP contribution in [0.1, 0.15) is 32.1 Å². The van der Waals surface area contributed by atoms with Gasteiger partial charge in [0.1, 0.15) is 0 Å². The van der Waals surface area contributed by atoms with E-state index in [1.54, 1.807) is 7.11 Å². The van der Waals surface area contributed by atoms with Crippen LogP contribution >= 0.6 is 0 Å². The molecule has 2 saturated heterocycles. The van der Waals surface area contributed by atoms with E-state index in [-0.39, 0.29) is 24.5 Å². The second-order valence-electron chi connectivity index (χ2n) is 5.76. The lowest BCUT2D eigenvalue weighted by Crippen LogP contribution is -2.51. The molecule has 0 spiro atoms. The van der Waals surface area contributed by atoms with E-state index in [1.165, 1.54) is 0 Å². The molecule has 2 heterocycles. The number of hydrogen-bond donors (Lipinski definition) is 1. The number of carboxylic acid groups (broad SMARTS) is 1. The average molecular weight is 284 g/mol. The summed E-state index contributed by atoms with van der Waals surface area (Å²) in [6, 6.07) is 0.0838. The summed E-state index contributed by atoms with van der Waals surface area (Å²) < 4.78 is 5.34. The maximum atomic E-state index is 12.4. The topological polar surface area (TPSA) is 70.1 Å². The number of carbonyl (C=O) groups excluding carboxylic acids is 1. The van der Waals surface area contributed by atoms with E-state index in [9.17, 15) is 9.59 Å². The average Bonchev–Trinajstić information content (AvgIpc) is 2.47. The minimum atomic E-state index is -0.742. The molecule has 0 bridgehead atoms. The zero-order chi connectivity index (χ0) is 14.5. The van der Waals surface area contributed by atoms with Crippen molar-refractivity contribution in [3.05, 3.63) is 0 Å². The zero-order valence-electron chi connectivity index (χ0n) is 12.1. The maximum absolute atomic E-state index is 12.4. The Morgan fingerprint density at radius 1 is 1.15 bits per heavy atom. The molecule has 114 valence electrons. The van der Waals surface area contributed by atoms with Gasteiger partial charge in [-0.05, 0) is 31.6 Å². The third-order valence-corrected chi connectivity index (χ3v) is 4.33. The van der Waals surface area contributed by atoms with E-state index in [2.05, 4.69) is 0 Å². The van der Waals surface area contributed by atoms with Crippen LogP contribution in [0.15, 0.2) is 0 Å². The number of urea groups is 1. The first-order valence-corrected chi connectivity index (χ1v) is 7.38. The van der Waals surface area contributed by atoms with Crippen LogP contribution in [-0.4, -0.2) is 66.3 Å². The quantitative estimate of drug-likeness (QED) is 0.850. The van der Waals surface area contributed by atoms with Crippen molar-refractivity contribution in [1.82, 2.24) is 9.80 Å². The van der Waals surface area contributed by atoms with Gasteiger partial charge in [-0.25, -0.2) is 4.79 Å². The van der Waals surface area contributed by atoms with Crippen LogP contribution in [0.3, 0.4) is 0 Å². The number of likely N-dealkylation sites (tertiary alicyclic amines) is 2. The van der Waals surface area contributed by atoms with E-state index in [4.69, 9.17) is 9.84 Å². The normalized spacial score (nSPS) is 24.8. The number of carboxylic acids is 1. The van der Waals surface area contributed by atoms with Crippen LogP contribution in [-0.2, 0) is 9.53 Å². The number of amides is 2. The van der Waals surface area contributed by atoms with Crippen LogP contribution in [0.4, 0.5) is 4.79 Å². The molecule has 2 aliphatic heterocycles. The van der Waals surface area contributed by atoms with E-state index in [0.29, 0.717) is 19.6 Å². The number of methoxy groups -OCH3 is 1. The largest absolute Gasteiger partial charge is 0.481 e. The van der Waals surface area contributed by atoms with E-state index < -0.39 is 5.97 Å². The molecule has 1 unspecified atom stereocenters. The summed E-state index contributed by atoms with van der Waals surface area (Å²) in [5, 5.41) is 8.80. The van der Waals surface area contributed by atoms with Gasteiger partial charge < -0.3 is 19.6 Å². The Labute approximate surface area is 119 Å². The van der Waals surface area contributed by atoms with Gasteiger partial charge in [-0.15, -0.1) is 0 Å². The van der Waals surface area contributed by atoms with E-state index in [1.807, 2.05) is 9.80 Å². The summed E-state index contributed by atoms with van der Waals surface area (Å²) in [6.45, 7) is 2.81. The lowest BCUT2D eigenvalue weighted by molar-refractivity contribution is -0.138. The zero-order valence-corrected chi connectivity index (χ0v) is 12.1. The van der Waals surface area contributed by atoms with Gasteiger partial charge in [0.2, 0.25) is 0 Å². The second-order valence-corrected chi connectivity index (χ2v) is 5.76. The van der Waals surface area contributed by atoms with Crippen molar-refractivity contribution in [3.63, 3.8) is 0 Å². The first-order chi connectivity index (χ1) is 9.60. The lowest BCUT2D eigenvalue weighted by atomic mass is 9.94. The van der Waals surface area contributed by atoms with Gasteiger partial charge in [-0.3, -0.25) is 4.79 Å². The molecule has 2 aliphatic rings. The molecule has 2 amide bonds. The molecule has 1 atom stereocenters. The Morgan fingerprint density at radius 2 is 1.85 bits per heavy atom. The third kappa shape index (κ3) is 3.85. The lowest BCUT2D eigenvalue weighted by Gasteiger charge is -2.38. The summed E-state index contributed by atoms with van der Waals surface area (Å²) in [5.41, 5.74) is 0. The minimum absolute atomic E-state index is 0.0838. The van der Waals surface area contributed by atoms with Crippen LogP contribution in [0.5, 0.6) is 0 Å². The summed E-state index contributed by atoms with van der Waals surface area (Å²) in [6.07, 6.45) is 3.95. The molecular formula is C14H24N2O4. The fourth-order valence-electron chi connectivity index (χ4n) is 3.08. The van der Waals surface area contributed by atoms with Crippen LogP contribution in [0.2, 0.25) is 0 Å². The van der Waals surface area contributed by atoms with E-state index in [0.717, 1.165) is 32.2 Å². The van der Waals surface area contributed by atoms with Crippen LogP contribution in [0, 0.1) is 5.92 Å². The molecule has 0 aromatic rings. The van der Waals surface area contributed by atoms with Gasteiger partial charge >= 0.3 is 12.0 Å². The highest BCUT2D eigenvalue weighted by Crippen LogP contribution is 2.22. The van der Waals surface area contributed by atoms with Gasteiger partial charge in [0.05, 0.1) is 6.10 Å². The smallest absolute Gasteiger partial charge is 0.320 e. The Kier molecular flexibility index (Phi) is 5.23. The molecule has 0 saturated carbocycles. The number of ether oxygens (including phenoxy) is 1. The maximum Gasteiger partial charge on any atom is 0.320 e. The molecule has 0 aromatic heterocycles. The summed E-state index contributed by atoms with van der Waals surface area (Å²) >= 11 is 0. The number of aliphatic carboxylic acids is 1. The van der Waals surface area contributed by atoms with Gasteiger partial charge in [0.25, 0.3) is 0 Å². The van der Waals surface area contributed by atoms with Crippen molar-refractivity contribution in [2.75, 3.05) is 33.3 Å². The second kappa shape index (κ2) is 6.92. The molecule has 1 N–H and O–H groups in total. The Hall–Kier alpha value is -1.30. The van der Waals surface area contributed by atoms with Crippen molar-refractivity contribution in [2.45, 2.75) is 38.2 Å². The van der Waals surface area contributed by atoms with E-state index >= 15 is 0 Å². The monoisotopic (exact) mass is 284 g/mol. The molecule has 0 aliphatic carbocycles. The molecule has 2 rings (SSSR count). The summed E-state index contributed by atoms with van der Waals surface area (Å²) in [7, 11) is 1.69. The fourth-order valence-corrected chi connectivity index (χ4v) is 3.08. The molecule has 2 fully saturated rings. The Bertz CT molecular complexity index is 353. The molecule has 0 aromatic carbocycles. The van der Waals surface area contributed by atoms with Gasteiger partial charge in [0.15, 0.2) is 0 Å². The molecule has 0 radical (unpaired) electrons. The Balaban J connectivity index is 1.80. The molecule has 20 heavy (non-hydrogen) atoms. The van der Waals surface area contributed by atoms with Crippen molar-refractivity contribution < 1.29 is 19.4 Å². The molecular weight excluding hydrogens is 260 g/mol. The molecule has 6 nitrogen and oxygen atoms in total. The first-order valence-electron chi connectivity index (χ1n) is 7.38. The first kappa shape index (κ1) is 15.1. The summed E-state index contributed by atoms with van der Waals surface area (Å²) in [4.78, 5) is 26.8. The highest BCUT2D eigenvalue weighted by atomic mass is 16.5. The standard InChI is InChI=1S/C14H24N2O4/c1-20-12-3-2-6-16(10-12)14(19)15-7-4-11(5-8-15)9-13(17)18/h11-12H,2-10H2,1H3,(H,17,18). The van der Waals surface area contributed by atoms with Gasteiger partial charge in [-0.2, -0.15) is 0 Å². The van der Waals surface area contributed by atoms with Crippen molar-refractivity contribution in [3.8, 4) is 0 Å². The highest BCUT2D eigenvalue weighted by Gasteiger charge is 2.30. The number of nitrogens with zero attached hydrogens (tertiary/aromatic N) is 2. The Morgan fingerprint density at radius 3 is 2.45 bits per heavy atom. The van der Waals surface area contributed by atoms with Crippen molar-refractivity contribution in [1.29, 1.82) is 0 Å². The minimum Gasteiger partial charge on any atom is -0.481 e. The van der Waals surface area contributed by atoms with Crippen molar-refractivity contribution >= 4 is 12.0 Å². The van der Waals surface area contributed by atoms with Crippen molar-refractivity contribution in [2.24, 2.45) is 5.92 Å². The highest BCUT2D eigenvalue weighted by molar-refractivity contribution is 5.74. The number of hydrogen-bond acceptors (Lipinski definition) is 3. The molecule has 6 heteroatoms. The van der Waals surface area contributed by atoms with Gasteiger partial charge in [0, 0.05) is 39.7 Å². The number of piperidine rings is 2. The third-order valence-electron chi connectivity index (χ3n) is 4.33. The predicted octanol–water partition coefficient (Wildman–Crippen LogP) is 1.40. The SMILES string of the molecule is COC1CCCN(C(=O)N2CCC(CC(=O)O)CC2)C1. The summed E-state index contributed by atoms with van der Waals surface area (Å²) in [5.74, 6) is -0.529. The number of carbonyl (C=O) groups is 2. The van der Waals surface area contributed by atoms with Crippen LogP contribution in [0.25, 0.3) is 0 Å². The van der Waals surface area contributed by atoms with Crippen LogP contribution < -0.4 is 0 Å².